The first-order chi connectivity index (χ1) is 7.82. The van der Waals surface area contributed by atoms with Crippen LogP contribution in [-0.4, -0.2) is 5.71 Å². The summed E-state index contributed by atoms with van der Waals surface area (Å²) >= 11 is 0. The van der Waals surface area contributed by atoms with E-state index in [0.717, 1.165) is 18.5 Å². The van der Waals surface area contributed by atoms with E-state index in [1.165, 1.54) is 22.4 Å². The highest BCUT2D eigenvalue weighted by molar-refractivity contribution is 5.94. The zero-order valence-corrected chi connectivity index (χ0v) is 12.1. The molecule has 0 radical (unpaired) electrons. The van der Waals surface area contributed by atoms with Gasteiger partial charge in [0.1, 0.15) is 0 Å². The Hall–Kier alpha value is -1.11. The first-order valence-electron chi connectivity index (χ1n) is 6.44. The van der Waals surface area contributed by atoms with Gasteiger partial charge in [-0.2, -0.15) is 0 Å². The molecule has 0 saturated heterocycles. The maximum absolute atomic E-state index is 4.73. The van der Waals surface area contributed by atoms with Crippen LogP contribution in [0.25, 0.3) is 0 Å². The van der Waals surface area contributed by atoms with Crippen LogP contribution in [0.1, 0.15) is 54.4 Å². The van der Waals surface area contributed by atoms with E-state index < -0.39 is 0 Å². The van der Waals surface area contributed by atoms with Crippen molar-refractivity contribution in [1.29, 1.82) is 0 Å². The van der Waals surface area contributed by atoms with Crippen LogP contribution in [0, 0.1) is 5.41 Å². The zero-order valence-electron chi connectivity index (χ0n) is 12.1. The van der Waals surface area contributed by atoms with Gasteiger partial charge in [-0.1, -0.05) is 38.5 Å². The van der Waals surface area contributed by atoms with Crippen LogP contribution in [0.4, 0.5) is 0 Å². The Kier molecular flexibility index (Phi) is 4.13. The van der Waals surface area contributed by atoms with Gasteiger partial charge in [0.05, 0.1) is 0 Å². The molecule has 0 aliphatic carbocycles. The Balaban J connectivity index is 3.29. The number of hydrogen-bond donors (Lipinski definition) is 0. The first-order valence-corrected chi connectivity index (χ1v) is 6.44. The number of rotatable bonds is 3. The summed E-state index contributed by atoms with van der Waals surface area (Å²) in [6.45, 7) is 17.3. The molecule has 1 heteroatoms. The van der Waals surface area contributed by atoms with E-state index in [1.807, 2.05) is 0 Å². The molecule has 0 amide bonds. The fourth-order valence-electron chi connectivity index (χ4n) is 2.48. The van der Waals surface area contributed by atoms with Gasteiger partial charge < -0.3 is 0 Å². The molecule has 0 bridgehead atoms. The second-order valence-electron chi connectivity index (χ2n) is 5.48. The highest BCUT2D eigenvalue weighted by atomic mass is 14.8. The molecule has 0 N–H and O–H groups in total. The summed E-state index contributed by atoms with van der Waals surface area (Å²) < 4.78 is 0. The third-order valence-electron chi connectivity index (χ3n) is 3.70. The summed E-state index contributed by atoms with van der Waals surface area (Å²) in [5, 5.41) is 0. The lowest BCUT2D eigenvalue weighted by atomic mass is 9.70. The fourth-order valence-corrected chi connectivity index (χ4v) is 2.48. The number of nitrogens with zero attached hydrogens (tertiary/aromatic N) is 1. The molecule has 17 heavy (non-hydrogen) atoms. The van der Waals surface area contributed by atoms with Crippen LogP contribution in [0.5, 0.6) is 0 Å². The van der Waals surface area contributed by atoms with E-state index in [1.54, 1.807) is 0 Å². The number of allylic oxidation sites excluding steroid dienone is 5. The molecular formula is C16H25N. The van der Waals surface area contributed by atoms with Gasteiger partial charge in [-0.25, -0.2) is 0 Å². The van der Waals surface area contributed by atoms with Crippen LogP contribution in [0.15, 0.2) is 40.1 Å². The van der Waals surface area contributed by atoms with Crippen LogP contribution < -0.4 is 0 Å². The number of aliphatic imine (C=N–C) groups is 1. The Bertz CT molecular complexity index is 417. The molecule has 0 aromatic heterocycles. The zero-order chi connectivity index (χ0) is 13.2. The first kappa shape index (κ1) is 14.0. The molecule has 0 aromatic rings. The summed E-state index contributed by atoms with van der Waals surface area (Å²) in [7, 11) is 0. The van der Waals surface area contributed by atoms with Crippen molar-refractivity contribution in [3.8, 4) is 0 Å². The van der Waals surface area contributed by atoms with E-state index in [2.05, 4.69) is 54.2 Å². The summed E-state index contributed by atoms with van der Waals surface area (Å²) in [5.41, 5.74) is 6.09. The Morgan fingerprint density at radius 1 is 1.35 bits per heavy atom. The molecule has 1 aliphatic heterocycles. The van der Waals surface area contributed by atoms with Crippen LogP contribution in [-0.2, 0) is 0 Å². The monoisotopic (exact) mass is 231 g/mol. The minimum atomic E-state index is 0.0372. The quantitative estimate of drug-likeness (QED) is 0.643. The maximum Gasteiger partial charge on any atom is 0.0447 e. The summed E-state index contributed by atoms with van der Waals surface area (Å²) in [5.74, 6) is 0. The topological polar surface area (TPSA) is 12.4 Å². The van der Waals surface area contributed by atoms with Crippen molar-refractivity contribution < 1.29 is 0 Å². The molecule has 0 spiro atoms. The van der Waals surface area contributed by atoms with E-state index in [9.17, 15) is 0 Å². The number of hydrogen-bond acceptors (Lipinski definition) is 1. The minimum Gasteiger partial charge on any atom is -0.261 e. The minimum absolute atomic E-state index is 0.0372. The largest absolute Gasteiger partial charge is 0.261 e. The van der Waals surface area contributed by atoms with Gasteiger partial charge in [0, 0.05) is 16.8 Å². The van der Waals surface area contributed by atoms with Crippen molar-refractivity contribution >= 4 is 5.71 Å². The molecule has 1 heterocycles. The average molecular weight is 231 g/mol. The molecule has 1 nitrogen and oxygen atoms in total. The Morgan fingerprint density at radius 2 is 1.94 bits per heavy atom. The second-order valence-corrected chi connectivity index (χ2v) is 5.48. The van der Waals surface area contributed by atoms with Gasteiger partial charge in [0.25, 0.3) is 0 Å². The average Bonchev–Trinajstić information content (AvgIpc) is 2.22. The van der Waals surface area contributed by atoms with Crippen molar-refractivity contribution in [3.63, 3.8) is 0 Å². The van der Waals surface area contributed by atoms with Gasteiger partial charge in [-0.3, -0.25) is 4.99 Å². The molecule has 1 atom stereocenters. The van der Waals surface area contributed by atoms with E-state index in [0.29, 0.717) is 0 Å². The molecule has 1 aliphatic rings. The summed E-state index contributed by atoms with van der Waals surface area (Å²) in [4.78, 5) is 4.73. The highest BCUT2D eigenvalue weighted by Crippen LogP contribution is 2.42. The molecule has 94 valence electrons. The van der Waals surface area contributed by atoms with Crippen molar-refractivity contribution in [2.75, 3.05) is 0 Å². The van der Waals surface area contributed by atoms with Gasteiger partial charge in [-0.05, 0) is 45.3 Å². The lowest BCUT2D eigenvalue weighted by Gasteiger charge is -2.36. The van der Waals surface area contributed by atoms with Crippen molar-refractivity contribution in [2.24, 2.45) is 10.4 Å². The predicted molar refractivity (Wildman–Crippen MR) is 77.4 cm³/mol. The molecule has 0 saturated carbocycles. The lowest BCUT2D eigenvalue weighted by Crippen LogP contribution is -2.31. The lowest BCUT2D eigenvalue weighted by molar-refractivity contribution is 0.497. The standard InChI is InChI=1S/C16H25N/c1-8-9-16(7)12(4)15(10-11(2)3)13(5)17-14(16)6/h10H,4,8-9H2,1-3,5-7H3. The Morgan fingerprint density at radius 3 is 2.41 bits per heavy atom. The van der Waals surface area contributed by atoms with Gasteiger partial charge in [0.2, 0.25) is 0 Å². The second kappa shape index (κ2) is 5.03. The third-order valence-corrected chi connectivity index (χ3v) is 3.70. The molecule has 0 fully saturated rings. The Labute approximate surface area is 106 Å². The molecule has 0 aromatic carbocycles. The summed E-state index contributed by atoms with van der Waals surface area (Å²) in [6, 6.07) is 0. The maximum atomic E-state index is 4.73. The van der Waals surface area contributed by atoms with Gasteiger partial charge in [0.15, 0.2) is 0 Å². The smallest absolute Gasteiger partial charge is 0.0447 e. The summed E-state index contributed by atoms with van der Waals surface area (Å²) in [6.07, 6.45) is 4.49. The van der Waals surface area contributed by atoms with Crippen LogP contribution in [0.3, 0.4) is 0 Å². The van der Waals surface area contributed by atoms with Crippen molar-refractivity contribution in [2.45, 2.75) is 54.4 Å². The van der Waals surface area contributed by atoms with Crippen LogP contribution in [0.2, 0.25) is 0 Å². The highest BCUT2D eigenvalue weighted by Gasteiger charge is 2.34. The van der Waals surface area contributed by atoms with Crippen molar-refractivity contribution in [1.82, 2.24) is 0 Å². The molecule has 1 unspecified atom stereocenters. The van der Waals surface area contributed by atoms with Crippen molar-refractivity contribution in [3.05, 3.63) is 35.1 Å². The molecule has 1 rings (SSSR count). The normalized spacial score (nSPS) is 24.8. The van der Waals surface area contributed by atoms with Gasteiger partial charge in [-0.15, -0.1) is 0 Å². The van der Waals surface area contributed by atoms with Crippen LogP contribution >= 0.6 is 0 Å². The SMILES string of the molecule is C=C1C(C=C(C)C)=C(C)N=C(C)C1(C)CCC. The van der Waals surface area contributed by atoms with E-state index in [-0.39, 0.29) is 5.41 Å². The van der Waals surface area contributed by atoms with E-state index >= 15 is 0 Å². The third kappa shape index (κ3) is 2.59. The fraction of sp³-hybridized carbons (Fsp3) is 0.562. The predicted octanol–water partition coefficient (Wildman–Crippen LogP) is 5.06. The molecular weight excluding hydrogens is 206 g/mol. The van der Waals surface area contributed by atoms with E-state index in [4.69, 9.17) is 4.99 Å². The van der Waals surface area contributed by atoms with Gasteiger partial charge >= 0.3 is 0 Å².